The molecule has 3 N–H and O–H groups in total. The zero-order valence-corrected chi connectivity index (χ0v) is 8.49. The molecule has 0 atom stereocenters. The molecule has 14 heavy (non-hydrogen) atoms. The SMILES string of the molecule is COCCCCNc1ncccc1N. The number of nitrogen functional groups attached to an aromatic ring is 1. The molecular weight excluding hydrogens is 178 g/mol. The first kappa shape index (κ1) is 10.8. The van der Waals surface area contributed by atoms with Crippen LogP contribution in [0.5, 0.6) is 0 Å². The van der Waals surface area contributed by atoms with Crippen LogP contribution in [0.15, 0.2) is 18.3 Å². The Morgan fingerprint density at radius 2 is 2.36 bits per heavy atom. The molecule has 78 valence electrons. The minimum Gasteiger partial charge on any atom is -0.396 e. The van der Waals surface area contributed by atoms with Gasteiger partial charge < -0.3 is 15.8 Å². The monoisotopic (exact) mass is 195 g/mol. The normalized spacial score (nSPS) is 10.1. The highest BCUT2D eigenvalue weighted by Crippen LogP contribution is 2.12. The number of rotatable bonds is 6. The van der Waals surface area contributed by atoms with E-state index in [1.54, 1.807) is 13.3 Å². The highest BCUT2D eigenvalue weighted by molar-refractivity contribution is 5.60. The number of hydrogen-bond acceptors (Lipinski definition) is 4. The van der Waals surface area contributed by atoms with Crippen LogP contribution in [-0.2, 0) is 4.74 Å². The number of pyridine rings is 1. The highest BCUT2D eigenvalue weighted by atomic mass is 16.5. The Balaban J connectivity index is 2.21. The predicted octanol–water partition coefficient (Wildman–Crippen LogP) is 1.50. The molecule has 1 aromatic rings. The van der Waals surface area contributed by atoms with Crippen molar-refractivity contribution in [1.82, 2.24) is 4.98 Å². The second-order valence-electron chi connectivity index (χ2n) is 3.07. The number of hydrogen-bond donors (Lipinski definition) is 2. The molecule has 4 heteroatoms. The molecule has 4 nitrogen and oxygen atoms in total. The van der Waals surface area contributed by atoms with Crippen molar-refractivity contribution in [3.05, 3.63) is 18.3 Å². The Hall–Kier alpha value is -1.29. The van der Waals surface area contributed by atoms with Crippen molar-refractivity contribution < 1.29 is 4.74 Å². The Labute approximate surface area is 84.5 Å². The zero-order valence-electron chi connectivity index (χ0n) is 8.49. The quantitative estimate of drug-likeness (QED) is 0.675. The van der Waals surface area contributed by atoms with Crippen LogP contribution in [0.4, 0.5) is 11.5 Å². The third-order valence-electron chi connectivity index (χ3n) is 1.91. The maximum absolute atomic E-state index is 5.71. The van der Waals surface area contributed by atoms with Gasteiger partial charge in [-0.05, 0) is 25.0 Å². The first-order valence-corrected chi connectivity index (χ1v) is 4.78. The number of anilines is 2. The predicted molar refractivity (Wildman–Crippen MR) is 58.2 cm³/mol. The van der Waals surface area contributed by atoms with Crippen molar-refractivity contribution in [2.45, 2.75) is 12.8 Å². The van der Waals surface area contributed by atoms with Gasteiger partial charge in [-0.15, -0.1) is 0 Å². The van der Waals surface area contributed by atoms with Crippen molar-refractivity contribution >= 4 is 11.5 Å². The lowest BCUT2D eigenvalue weighted by Gasteiger charge is -2.06. The summed E-state index contributed by atoms with van der Waals surface area (Å²) >= 11 is 0. The fourth-order valence-corrected chi connectivity index (χ4v) is 1.14. The van der Waals surface area contributed by atoms with Crippen LogP contribution in [0.2, 0.25) is 0 Å². The van der Waals surface area contributed by atoms with E-state index in [1.165, 1.54) is 0 Å². The fourth-order valence-electron chi connectivity index (χ4n) is 1.14. The van der Waals surface area contributed by atoms with E-state index in [4.69, 9.17) is 10.5 Å². The van der Waals surface area contributed by atoms with Gasteiger partial charge >= 0.3 is 0 Å². The average molecular weight is 195 g/mol. The molecule has 0 spiro atoms. The Kier molecular flexibility index (Phi) is 4.78. The van der Waals surface area contributed by atoms with Gasteiger partial charge in [0.25, 0.3) is 0 Å². The van der Waals surface area contributed by atoms with Crippen molar-refractivity contribution in [1.29, 1.82) is 0 Å². The van der Waals surface area contributed by atoms with Crippen LogP contribution in [-0.4, -0.2) is 25.2 Å². The summed E-state index contributed by atoms with van der Waals surface area (Å²) in [5.74, 6) is 0.768. The number of nitrogens with one attached hydrogen (secondary N) is 1. The molecule has 0 bridgehead atoms. The lowest BCUT2D eigenvalue weighted by atomic mass is 10.3. The van der Waals surface area contributed by atoms with Crippen LogP contribution in [0.3, 0.4) is 0 Å². The summed E-state index contributed by atoms with van der Waals surface area (Å²) in [5, 5.41) is 3.18. The van der Waals surface area contributed by atoms with Crippen molar-refractivity contribution in [3.8, 4) is 0 Å². The van der Waals surface area contributed by atoms with Gasteiger partial charge in [-0.3, -0.25) is 0 Å². The van der Waals surface area contributed by atoms with Gasteiger partial charge in [-0.25, -0.2) is 4.98 Å². The second kappa shape index (κ2) is 6.21. The molecule has 0 fully saturated rings. The van der Waals surface area contributed by atoms with Gasteiger partial charge in [0, 0.05) is 26.5 Å². The van der Waals surface area contributed by atoms with E-state index >= 15 is 0 Å². The average Bonchev–Trinajstić information content (AvgIpc) is 2.20. The maximum atomic E-state index is 5.71. The number of nitrogens with two attached hydrogens (primary N) is 1. The van der Waals surface area contributed by atoms with Gasteiger partial charge in [0.05, 0.1) is 5.69 Å². The first-order valence-electron chi connectivity index (χ1n) is 4.78. The van der Waals surface area contributed by atoms with Crippen LogP contribution < -0.4 is 11.1 Å². The zero-order chi connectivity index (χ0) is 10.2. The molecule has 1 heterocycles. The van der Waals surface area contributed by atoms with E-state index in [-0.39, 0.29) is 0 Å². The number of methoxy groups -OCH3 is 1. The summed E-state index contributed by atoms with van der Waals surface area (Å²) < 4.78 is 4.95. The minimum atomic E-state index is 0.694. The van der Waals surface area contributed by atoms with Crippen LogP contribution in [0.1, 0.15) is 12.8 Å². The number of unbranched alkanes of at least 4 members (excludes halogenated alkanes) is 1. The highest BCUT2D eigenvalue weighted by Gasteiger charge is 1.96. The second-order valence-corrected chi connectivity index (χ2v) is 3.07. The maximum Gasteiger partial charge on any atom is 0.149 e. The van der Waals surface area contributed by atoms with Gasteiger partial charge in [0.2, 0.25) is 0 Å². The molecule has 0 aliphatic carbocycles. The number of aromatic nitrogens is 1. The lowest BCUT2D eigenvalue weighted by Crippen LogP contribution is -2.06. The molecule has 1 rings (SSSR count). The molecular formula is C10H17N3O. The molecule has 1 aromatic heterocycles. The summed E-state index contributed by atoms with van der Waals surface area (Å²) in [5.41, 5.74) is 6.41. The molecule has 0 aliphatic rings. The summed E-state index contributed by atoms with van der Waals surface area (Å²) in [6.45, 7) is 1.68. The molecule has 0 radical (unpaired) electrons. The fraction of sp³-hybridized carbons (Fsp3) is 0.500. The summed E-state index contributed by atoms with van der Waals surface area (Å²) in [6.07, 6.45) is 3.84. The van der Waals surface area contributed by atoms with Crippen molar-refractivity contribution in [3.63, 3.8) is 0 Å². The number of ether oxygens (including phenoxy) is 1. The number of nitrogens with zero attached hydrogens (tertiary/aromatic N) is 1. The lowest BCUT2D eigenvalue weighted by molar-refractivity contribution is 0.194. The van der Waals surface area contributed by atoms with E-state index in [9.17, 15) is 0 Å². The first-order chi connectivity index (χ1) is 6.84. The van der Waals surface area contributed by atoms with E-state index in [0.29, 0.717) is 5.69 Å². The topological polar surface area (TPSA) is 60.2 Å². The third-order valence-corrected chi connectivity index (χ3v) is 1.91. The Morgan fingerprint density at radius 1 is 1.50 bits per heavy atom. The van der Waals surface area contributed by atoms with Gasteiger partial charge in [-0.1, -0.05) is 0 Å². The summed E-state index contributed by atoms with van der Waals surface area (Å²) in [4.78, 5) is 4.13. The molecule has 0 unspecified atom stereocenters. The molecule has 0 amide bonds. The van der Waals surface area contributed by atoms with E-state index < -0.39 is 0 Å². The molecule has 0 saturated heterocycles. The standard InChI is InChI=1S/C10H17N3O/c1-14-8-3-2-6-12-10-9(11)5-4-7-13-10/h4-5,7H,2-3,6,8,11H2,1H3,(H,12,13). The van der Waals surface area contributed by atoms with Gasteiger partial charge in [0.15, 0.2) is 0 Å². The van der Waals surface area contributed by atoms with E-state index in [2.05, 4.69) is 10.3 Å². The molecule has 0 aromatic carbocycles. The van der Waals surface area contributed by atoms with E-state index in [1.807, 2.05) is 12.1 Å². The Bertz CT molecular complexity index is 265. The third kappa shape index (κ3) is 3.62. The minimum absolute atomic E-state index is 0.694. The van der Waals surface area contributed by atoms with Gasteiger partial charge in [-0.2, -0.15) is 0 Å². The van der Waals surface area contributed by atoms with Crippen LogP contribution in [0, 0.1) is 0 Å². The van der Waals surface area contributed by atoms with E-state index in [0.717, 1.165) is 31.8 Å². The summed E-state index contributed by atoms with van der Waals surface area (Å²) in [7, 11) is 1.71. The van der Waals surface area contributed by atoms with Crippen molar-refractivity contribution in [2.24, 2.45) is 0 Å². The smallest absolute Gasteiger partial charge is 0.149 e. The van der Waals surface area contributed by atoms with Crippen LogP contribution in [0.25, 0.3) is 0 Å². The largest absolute Gasteiger partial charge is 0.396 e. The van der Waals surface area contributed by atoms with Crippen LogP contribution >= 0.6 is 0 Å². The van der Waals surface area contributed by atoms with Crippen molar-refractivity contribution in [2.75, 3.05) is 31.3 Å². The van der Waals surface area contributed by atoms with Gasteiger partial charge in [0.1, 0.15) is 5.82 Å². The summed E-state index contributed by atoms with van der Waals surface area (Å²) in [6, 6.07) is 3.66. The Morgan fingerprint density at radius 3 is 3.07 bits per heavy atom. The molecule has 0 saturated carbocycles. The molecule has 0 aliphatic heterocycles.